The Kier molecular flexibility index (Phi) is 6.88. The molecule has 0 spiro atoms. The van der Waals surface area contributed by atoms with Gasteiger partial charge in [0.2, 0.25) is 0 Å². The number of carbonyl (C=O) groups excluding carboxylic acids is 1. The minimum absolute atomic E-state index is 0.0794. The third kappa shape index (κ3) is 5.96. The minimum atomic E-state index is -0.0794. The predicted molar refractivity (Wildman–Crippen MR) is 82.0 cm³/mol. The highest BCUT2D eigenvalue weighted by Gasteiger charge is 2.47. The molecule has 1 aliphatic heterocycles. The lowest BCUT2D eigenvalue weighted by Crippen LogP contribution is -2.06. The van der Waals surface area contributed by atoms with Gasteiger partial charge in [0, 0.05) is 6.42 Å². The molecule has 1 saturated heterocycles. The van der Waals surface area contributed by atoms with E-state index < -0.39 is 0 Å². The highest BCUT2D eigenvalue weighted by atomic mass is 32.2. The molecule has 3 nitrogen and oxygen atoms in total. The molecule has 0 aromatic heterocycles. The van der Waals surface area contributed by atoms with Crippen LogP contribution in [0.4, 0.5) is 0 Å². The summed E-state index contributed by atoms with van der Waals surface area (Å²) in [4.78, 5) is 11.2. The number of thioether (sulfide) groups is 1. The van der Waals surface area contributed by atoms with Gasteiger partial charge >= 0.3 is 5.97 Å². The fraction of sp³-hybridized carbons (Fsp3) is 0.929. The fourth-order valence-electron chi connectivity index (χ4n) is 2.58. The third-order valence-electron chi connectivity index (χ3n) is 3.72. The standard InChI is InChI=1S/C14H24O3S2/c15-14(3-1-6-18)16-5-2-7-19-8-4-11-9-12-13(10-11)17-12/h11-13,18H,1-10H2. The van der Waals surface area contributed by atoms with E-state index in [0.29, 0.717) is 25.2 Å². The van der Waals surface area contributed by atoms with Gasteiger partial charge in [0.1, 0.15) is 0 Å². The van der Waals surface area contributed by atoms with Gasteiger partial charge in [0.15, 0.2) is 0 Å². The van der Waals surface area contributed by atoms with Gasteiger partial charge in [0.05, 0.1) is 18.8 Å². The zero-order valence-electron chi connectivity index (χ0n) is 11.4. The van der Waals surface area contributed by atoms with Crippen molar-refractivity contribution in [2.45, 2.75) is 50.7 Å². The number of hydrogen-bond donors (Lipinski definition) is 1. The molecule has 1 aliphatic carbocycles. The Morgan fingerprint density at radius 1 is 1.26 bits per heavy atom. The smallest absolute Gasteiger partial charge is 0.305 e. The Labute approximate surface area is 125 Å². The molecule has 1 saturated carbocycles. The number of hydrogen-bond acceptors (Lipinski definition) is 5. The molecule has 2 unspecified atom stereocenters. The van der Waals surface area contributed by atoms with Crippen molar-refractivity contribution in [1.29, 1.82) is 0 Å². The van der Waals surface area contributed by atoms with Crippen LogP contribution in [0.15, 0.2) is 0 Å². The van der Waals surface area contributed by atoms with E-state index in [-0.39, 0.29) is 5.97 Å². The maximum absolute atomic E-state index is 11.2. The summed E-state index contributed by atoms with van der Waals surface area (Å²) < 4.78 is 10.6. The molecule has 2 fully saturated rings. The summed E-state index contributed by atoms with van der Waals surface area (Å²) in [5.41, 5.74) is 0. The van der Waals surface area contributed by atoms with E-state index >= 15 is 0 Å². The molecule has 0 amide bonds. The molecule has 0 radical (unpaired) electrons. The van der Waals surface area contributed by atoms with Gasteiger partial charge in [-0.25, -0.2) is 0 Å². The molecule has 0 aromatic carbocycles. The summed E-state index contributed by atoms with van der Waals surface area (Å²) in [6, 6.07) is 0. The molecule has 2 aliphatic rings. The number of ether oxygens (including phenoxy) is 2. The second-order valence-electron chi connectivity index (χ2n) is 5.35. The first-order valence-electron chi connectivity index (χ1n) is 7.29. The van der Waals surface area contributed by atoms with Crippen LogP contribution in [-0.4, -0.2) is 42.0 Å². The topological polar surface area (TPSA) is 38.8 Å². The van der Waals surface area contributed by atoms with Crippen LogP contribution in [0.25, 0.3) is 0 Å². The number of carbonyl (C=O) groups is 1. The van der Waals surface area contributed by atoms with Crippen molar-refractivity contribution < 1.29 is 14.3 Å². The largest absolute Gasteiger partial charge is 0.466 e. The summed E-state index contributed by atoms with van der Waals surface area (Å²) in [5.74, 6) is 3.89. The van der Waals surface area contributed by atoms with E-state index in [1.165, 1.54) is 25.0 Å². The number of esters is 1. The van der Waals surface area contributed by atoms with Crippen LogP contribution in [0.5, 0.6) is 0 Å². The molecule has 2 atom stereocenters. The lowest BCUT2D eigenvalue weighted by molar-refractivity contribution is -0.143. The van der Waals surface area contributed by atoms with Crippen LogP contribution in [0.3, 0.4) is 0 Å². The van der Waals surface area contributed by atoms with E-state index in [0.717, 1.165) is 30.3 Å². The Morgan fingerprint density at radius 3 is 2.79 bits per heavy atom. The lowest BCUT2D eigenvalue weighted by atomic mass is 10.1. The number of epoxide rings is 1. The van der Waals surface area contributed by atoms with Crippen LogP contribution >= 0.6 is 24.4 Å². The second-order valence-corrected chi connectivity index (χ2v) is 7.02. The zero-order chi connectivity index (χ0) is 13.5. The van der Waals surface area contributed by atoms with Crippen molar-refractivity contribution in [3.05, 3.63) is 0 Å². The van der Waals surface area contributed by atoms with Crippen molar-refractivity contribution in [1.82, 2.24) is 0 Å². The summed E-state index contributed by atoms with van der Waals surface area (Å²) in [7, 11) is 0. The van der Waals surface area contributed by atoms with Crippen molar-refractivity contribution >= 4 is 30.4 Å². The molecular formula is C14H24O3S2. The van der Waals surface area contributed by atoms with Crippen LogP contribution in [0.2, 0.25) is 0 Å². The summed E-state index contributed by atoms with van der Waals surface area (Å²) >= 11 is 6.05. The summed E-state index contributed by atoms with van der Waals surface area (Å²) in [6.07, 6.45) is 7.41. The quantitative estimate of drug-likeness (QED) is 0.291. The highest BCUT2D eigenvalue weighted by Crippen LogP contribution is 2.43. The van der Waals surface area contributed by atoms with Gasteiger partial charge in [-0.15, -0.1) is 0 Å². The molecule has 0 aromatic rings. The first kappa shape index (κ1) is 15.5. The predicted octanol–water partition coefficient (Wildman–Crippen LogP) is 2.93. The number of thiol groups is 1. The van der Waals surface area contributed by atoms with Gasteiger partial charge in [-0.1, -0.05) is 0 Å². The van der Waals surface area contributed by atoms with E-state index in [1.807, 2.05) is 11.8 Å². The molecule has 2 rings (SSSR count). The van der Waals surface area contributed by atoms with Crippen LogP contribution < -0.4 is 0 Å². The molecule has 110 valence electrons. The maximum Gasteiger partial charge on any atom is 0.305 e. The van der Waals surface area contributed by atoms with Crippen molar-refractivity contribution in [2.24, 2.45) is 5.92 Å². The van der Waals surface area contributed by atoms with Crippen LogP contribution in [0.1, 0.15) is 38.5 Å². The van der Waals surface area contributed by atoms with E-state index in [4.69, 9.17) is 9.47 Å². The average molecular weight is 304 g/mol. The minimum Gasteiger partial charge on any atom is -0.466 e. The van der Waals surface area contributed by atoms with Crippen LogP contribution in [0, 0.1) is 5.92 Å². The number of rotatable bonds is 10. The monoisotopic (exact) mass is 304 g/mol. The summed E-state index contributed by atoms with van der Waals surface area (Å²) in [6.45, 7) is 0.569. The van der Waals surface area contributed by atoms with Crippen molar-refractivity contribution in [3.8, 4) is 0 Å². The SMILES string of the molecule is O=C(CCCS)OCCCSCCC1CC2OC2C1. The summed E-state index contributed by atoms with van der Waals surface area (Å²) in [5, 5.41) is 0. The van der Waals surface area contributed by atoms with Gasteiger partial charge in [-0.2, -0.15) is 24.4 Å². The molecule has 0 N–H and O–H groups in total. The van der Waals surface area contributed by atoms with Gasteiger partial charge in [-0.3, -0.25) is 4.79 Å². The fourth-order valence-corrected chi connectivity index (χ4v) is 3.76. The lowest BCUT2D eigenvalue weighted by Gasteiger charge is -2.10. The first-order valence-corrected chi connectivity index (χ1v) is 9.08. The number of fused-ring (bicyclic) bond motifs is 1. The Hall–Kier alpha value is 0.130. The van der Waals surface area contributed by atoms with Crippen molar-refractivity contribution in [2.75, 3.05) is 23.9 Å². The Morgan fingerprint density at radius 2 is 2.05 bits per heavy atom. The van der Waals surface area contributed by atoms with Gasteiger partial charge in [-0.05, 0) is 55.3 Å². The average Bonchev–Trinajstić information content (AvgIpc) is 3.02. The Balaban J connectivity index is 1.33. The molecule has 0 bridgehead atoms. The normalized spacial score (nSPS) is 28.2. The highest BCUT2D eigenvalue weighted by molar-refractivity contribution is 7.99. The van der Waals surface area contributed by atoms with Gasteiger partial charge in [0.25, 0.3) is 0 Å². The molecular weight excluding hydrogens is 280 g/mol. The van der Waals surface area contributed by atoms with E-state index in [9.17, 15) is 4.79 Å². The van der Waals surface area contributed by atoms with E-state index in [1.54, 1.807) is 0 Å². The van der Waals surface area contributed by atoms with Gasteiger partial charge < -0.3 is 9.47 Å². The third-order valence-corrected chi connectivity index (χ3v) is 5.14. The second kappa shape index (κ2) is 8.42. The van der Waals surface area contributed by atoms with E-state index in [2.05, 4.69) is 12.6 Å². The first-order chi connectivity index (χ1) is 9.29. The maximum atomic E-state index is 11.2. The van der Waals surface area contributed by atoms with Crippen molar-refractivity contribution in [3.63, 3.8) is 0 Å². The Bertz CT molecular complexity index is 276. The zero-order valence-corrected chi connectivity index (χ0v) is 13.1. The molecule has 5 heteroatoms. The van der Waals surface area contributed by atoms with Crippen LogP contribution in [-0.2, 0) is 14.3 Å². The molecule has 1 heterocycles. The molecule has 19 heavy (non-hydrogen) atoms.